The zero-order valence-electron chi connectivity index (χ0n) is 39.5. The fraction of sp³-hybridized carbons (Fsp3) is 0.357. The smallest absolute Gasteiger partial charge is 0.259 e. The number of hydrogen-bond acceptors (Lipinski definition) is 9. The quantitative estimate of drug-likeness (QED) is 0.0677. The topological polar surface area (TPSA) is 114 Å². The third-order valence-electron chi connectivity index (χ3n) is 13.4. The van der Waals surface area contributed by atoms with Gasteiger partial charge in [-0.1, -0.05) is 77.1 Å². The summed E-state index contributed by atoms with van der Waals surface area (Å²) in [5.74, 6) is 2.72. The minimum absolute atomic E-state index is 0.0210. The van der Waals surface area contributed by atoms with Gasteiger partial charge in [-0.15, -0.1) is 0 Å². The van der Waals surface area contributed by atoms with Crippen molar-refractivity contribution in [1.29, 1.82) is 0 Å². The number of rotatable bonds is 18. The first-order chi connectivity index (χ1) is 32.9. The Morgan fingerprint density at radius 2 is 1.47 bits per heavy atom. The van der Waals surface area contributed by atoms with Crippen LogP contribution in [0, 0.1) is 6.92 Å². The van der Waals surface area contributed by atoms with E-state index < -0.39 is 0 Å². The normalized spacial score (nSPS) is 16.7. The Morgan fingerprint density at radius 3 is 2.21 bits per heavy atom. The second-order valence-electron chi connectivity index (χ2n) is 18.8. The first-order valence-electron chi connectivity index (χ1n) is 23.8. The molecule has 0 spiro atoms. The molecule has 9 rings (SSSR count). The number of methoxy groups -OCH3 is 1. The molecule has 4 heterocycles. The van der Waals surface area contributed by atoms with E-state index in [0.29, 0.717) is 65.5 Å². The van der Waals surface area contributed by atoms with Gasteiger partial charge >= 0.3 is 0 Å². The number of amides is 3. The van der Waals surface area contributed by atoms with E-state index in [1.165, 1.54) is 11.1 Å². The van der Waals surface area contributed by atoms with Crippen molar-refractivity contribution in [2.75, 3.05) is 28.0 Å². The van der Waals surface area contributed by atoms with Crippen molar-refractivity contribution >= 4 is 68.2 Å². The van der Waals surface area contributed by atoms with Gasteiger partial charge in [0.25, 0.3) is 11.8 Å². The van der Waals surface area contributed by atoms with Crippen LogP contribution in [-0.4, -0.2) is 53.2 Å². The highest BCUT2D eigenvalue weighted by atomic mass is 33.1. The standard InChI is InChI=1S/C56H59N3O7S2/c1-6-45(60)14-11-23-67-68-56(3,4)22-21-53(61)57-42-26-36(33-65-50-30-38-17-19-43-28-40-12-7-9-15-48(40)58(43)54(62)46(38)24-35(50)2)25-37(27-42)34-66-52-31-39-18-20-44-29-41-13-8-10-16-49(41)59(44)55(63)47(39)32-51(52)64-5/h7-10,12-13,15-17,19,24-27,30-32,43-44H,6,11,14,18,20-23,28-29,33-34H2,1-5H3,(H,57,61)/t43-,44-/m1/s1. The van der Waals surface area contributed by atoms with Gasteiger partial charge in [-0.05, 0) is 153 Å². The molecule has 0 bridgehead atoms. The molecule has 0 aromatic heterocycles. The van der Waals surface area contributed by atoms with Gasteiger partial charge in [0.2, 0.25) is 5.91 Å². The third kappa shape index (κ3) is 10.2. The van der Waals surface area contributed by atoms with E-state index in [1.54, 1.807) is 28.7 Å². The molecule has 2 atom stereocenters. The van der Waals surface area contributed by atoms with Crippen LogP contribution in [0.4, 0.5) is 17.1 Å². The molecule has 0 saturated carbocycles. The summed E-state index contributed by atoms with van der Waals surface area (Å²) in [6, 6.07) is 29.8. The van der Waals surface area contributed by atoms with Gasteiger partial charge in [-0.3, -0.25) is 19.2 Å². The predicted molar refractivity (Wildman–Crippen MR) is 275 cm³/mol. The number of benzene rings is 5. The number of Topliss-reactive ketones (excluding diaryl/α,β-unsaturated/α-hetero) is 1. The minimum atomic E-state index is -0.143. The summed E-state index contributed by atoms with van der Waals surface area (Å²) >= 11 is 0. The summed E-state index contributed by atoms with van der Waals surface area (Å²) in [5.41, 5.74) is 10.4. The van der Waals surface area contributed by atoms with Crippen LogP contribution in [0.1, 0.15) is 119 Å². The number of para-hydroxylation sites is 2. The first kappa shape index (κ1) is 47.1. The Labute approximate surface area is 407 Å². The van der Waals surface area contributed by atoms with Crippen molar-refractivity contribution in [3.8, 4) is 17.2 Å². The van der Waals surface area contributed by atoms with Gasteiger partial charge in [0.05, 0.1) is 13.2 Å². The molecule has 3 amide bonds. The van der Waals surface area contributed by atoms with Crippen LogP contribution in [-0.2, 0) is 42.1 Å². The predicted octanol–water partition coefficient (Wildman–Crippen LogP) is 11.9. The molecule has 68 heavy (non-hydrogen) atoms. The van der Waals surface area contributed by atoms with Gasteiger partial charge in [-0.2, -0.15) is 0 Å². The van der Waals surface area contributed by atoms with E-state index in [9.17, 15) is 19.2 Å². The number of carbonyl (C=O) groups is 4. The number of nitrogens with one attached hydrogen (secondary N) is 1. The average molecular weight is 950 g/mol. The molecular formula is C56H59N3O7S2. The van der Waals surface area contributed by atoms with Crippen molar-refractivity contribution in [2.45, 2.75) is 116 Å². The number of ketones is 1. The van der Waals surface area contributed by atoms with E-state index in [4.69, 9.17) is 14.2 Å². The minimum Gasteiger partial charge on any atom is -0.493 e. The van der Waals surface area contributed by atoms with Gasteiger partial charge in [0.15, 0.2) is 11.5 Å². The molecule has 352 valence electrons. The summed E-state index contributed by atoms with van der Waals surface area (Å²) < 4.78 is 18.8. The van der Waals surface area contributed by atoms with Crippen LogP contribution < -0.4 is 29.3 Å². The lowest BCUT2D eigenvalue weighted by atomic mass is 9.99. The lowest BCUT2D eigenvalue weighted by Crippen LogP contribution is -2.36. The molecule has 0 saturated heterocycles. The molecule has 0 unspecified atom stereocenters. The second kappa shape index (κ2) is 20.3. The largest absolute Gasteiger partial charge is 0.493 e. The summed E-state index contributed by atoms with van der Waals surface area (Å²) in [4.78, 5) is 57.3. The zero-order valence-corrected chi connectivity index (χ0v) is 41.2. The lowest BCUT2D eigenvalue weighted by Gasteiger charge is -2.23. The number of carbonyl (C=O) groups excluding carboxylic acids is 4. The first-order valence-corrected chi connectivity index (χ1v) is 26.1. The average Bonchev–Trinajstić information content (AvgIpc) is 3.83. The molecule has 0 fully saturated rings. The number of ether oxygens (including phenoxy) is 3. The Bertz CT molecular complexity index is 2800. The van der Waals surface area contributed by atoms with Gasteiger partial charge in [0.1, 0.15) is 24.7 Å². The van der Waals surface area contributed by atoms with Crippen molar-refractivity contribution < 1.29 is 33.4 Å². The highest BCUT2D eigenvalue weighted by Crippen LogP contribution is 2.43. The summed E-state index contributed by atoms with van der Waals surface area (Å²) in [6.45, 7) is 8.52. The number of anilines is 3. The fourth-order valence-corrected chi connectivity index (χ4v) is 12.4. The Balaban J connectivity index is 0.925. The van der Waals surface area contributed by atoms with Crippen molar-refractivity contribution in [3.63, 3.8) is 0 Å². The van der Waals surface area contributed by atoms with Crippen molar-refractivity contribution in [1.82, 2.24) is 0 Å². The van der Waals surface area contributed by atoms with Crippen LogP contribution in [0.3, 0.4) is 0 Å². The molecule has 4 aliphatic heterocycles. The van der Waals surface area contributed by atoms with E-state index in [1.807, 2.05) is 109 Å². The summed E-state index contributed by atoms with van der Waals surface area (Å²) in [5, 5.41) is 3.16. The lowest BCUT2D eigenvalue weighted by molar-refractivity contribution is -0.119. The summed E-state index contributed by atoms with van der Waals surface area (Å²) in [7, 11) is 5.11. The van der Waals surface area contributed by atoms with Crippen LogP contribution in [0.2, 0.25) is 0 Å². The summed E-state index contributed by atoms with van der Waals surface area (Å²) in [6.07, 6.45) is 10.4. The number of nitrogens with zero attached hydrogens (tertiary/aromatic N) is 2. The van der Waals surface area contributed by atoms with Gasteiger partial charge in [0, 0.05) is 64.0 Å². The molecule has 12 heteroatoms. The van der Waals surface area contributed by atoms with Crippen LogP contribution >= 0.6 is 21.6 Å². The van der Waals surface area contributed by atoms with Gasteiger partial charge < -0.3 is 29.3 Å². The Hall–Kier alpha value is -5.98. The van der Waals surface area contributed by atoms with E-state index in [-0.39, 0.29) is 47.8 Å². The highest BCUT2D eigenvalue weighted by molar-refractivity contribution is 8.77. The van der Waals surface area contributed by atoms with E-state index in [2.05, 4.69) is 37.4 Å². The Morgan fingerprint density at radius 1 is 0.779 bits per heavy atom. The molecule has 1 N–H and O–H groups in total. The van der Waals surface area contributed by atoms with Crippen LogP contribution in [0.25, 0.3) is 6.08 Å². The molecular weight excluding hydrogens is 891 g/mol. The molecule has 0 aliphatic carbocycles. The molecule has 5 aromatic rings. The van der Waals surface area contributed by atoms with Crippen molar-refractivity contribution in [2.24, 2.45) is 0 Å². The van der Waals surface area contributed by atoms with Crippen LogP contribution in [0.5, 0.6) is 17.2 Å². The number of hydrogen-bond donors (Lipinski definition) is 1. The molecule has 0 radical (unpaired) electrons. The monoisotopic (exact) mass is 949 g/mol. The van der Waals surface area contributed by atoms with Gasteiger partial charge in [-0.25, -0.2) is 0 Å². The molecule has 10 nitrogen and oxygen atoms in total. The third-order valence-corrected chi connectivity index (χ3v) is 16.8. The van der Waals surface area contributed by atoms with E-state index >= 15 is 0 Å². The van der Waals surface area contributed by atoms with Crippen molar-refractivity contribution in [3.05, 3.63) is 147 Å². The molecule has 5 aromatic carbocycles. The SMILES string of the molecule is CCC(=O)CCCSSC(C)(C)CCC(=O)Nc1cc(COc2cc3c(cc2C)C(=O)N2c4ccccc4C[C@H]2C=C3)cc(COc2cc3c(cc2OC)C(=O)N2c4ccccc4C[C@H]2CC3)c1. The number of fused-ring (bicyclic) bond motifs is 8. The Kier molecular flexibility index (Phi) is 14.1. The maximum absolute atomic E-state index is 14.1. The van der Waals surface area contributed by atoms with Crippen LogP contribution in [0.15, 0.2) is 97.1 Å². The zero-order chi connectivity index (χ0) is 47.5. The second-order valence-corrected chi connectivity index (χ2v) is 21.9. The maximum Gasteiger partial charge on any atom is 0.259 e. The highest BCUT2D eigenvalue weighted by Gasteiger charge is 2.38. The molecule has 4 aliphatic rings. The van der Waals surface area contributed by atoms with E-state index in [0.717, 1.165) is 77.0 Å². The number of aryl methyl sites for hydroxylation is 2. The maximum atomic E-state index is 14.1. The fourth-order valence-electron chi connectivity index (χ4n) is 9.76.